The van der Waals surface area contributed by atoms with Gasteiger partial charge >= 0.3 is 5.97 Å². The van der Waals surface area contributed by atoms with Crippen LogP contribution in [0.25, 0.3) is 0 Å². The van der Waals surface area contributed by atoms with E-state index < -0.39 is 12.0 Å². The van der Waals surface area contributed by atoms with Gasteiger partial charge in [-0.05, 0) is 30.2 Å². The van der Waals surface area contributed by atoms with Gasteiger partial charge in [-0.2, -0.15) is 0 Å². The van der Waals surface area contributed by atoms with Gasteiger partial charge in [-0.1, -0.05) is 61.5 Å². The van der Waals surface area contributed by atoms with E-state index in [9.17, 15) is 14.4 Å². The monoisotopic (exact) mass is 515 g/mol. The molecule has 9 nitrogen and oxygen atoms in total. The molecule has 0 saturated carbocycles. The van der Waals surface area contributed by atoms with Crippen molar-refractivity contribution in [3.05, 3.63) is 70.5 Å². The summed E-state index contributed by atoms with van der Waals surface area (Å²) in [6.07, 6.45) is 0. The maximum absolute atomic E-state index is 12.8. The van der Waals surface area contributed by atoms with Crippen LogP contribution >= 0.6 is 23.4 Å². The largest absolute Gasteiger partial charge is 0.465 e. The van der Waals surface area contributed by atoms with Gasteiger partial charge in [0.05, 0.1) is 40.7 Å². The number of benzene rings is 2. The number of carbonyl (C=O) groups excluding carboxylic acids is 3. The highest BCUT2D eigenvalue weighted by atomic mass is 35.5. The van der Waals surface area contributed by atoms with E-state index in [0.29, 0.717) is 27.3 Å². The Kier molecular flexibility index (Phi) is 8.89. The molecule has 0 aliphatic heterocycles. The van der Waals surface area contributed by atoms with Crippen LogP contribution < -0.4 is 10.6 Å². The lowest BCUT2D eigenvalue weighted by atomic mass is 10.0. The Labute approximate surface area is 212 Å². The van der Waals surface area contributed by atoms with Gasteiger partial charge in [0, 0.05) is 7.05 Å². The van der Waals surface area contributed by atoms with Crippen LogP contribution in [0.2, 0.25) is 5.02 Å². The molecule has 11 heteroatoms. The molecule has 2 N–H and O–H groups in total. The molecule has 0 radical (unpaired) electrons. The highest BCUT2D eigenvalue weighted by Crippen LogP contribution is 2.26. The predicted octanol–water partition coefficient (Wildman–Crippen LogP) is 4.11. The number of esters is 1. The number of hydrogen-bond donors (Lipinski definition) is 2. The molecule has 0 spiro atoms. The Morgan fingerprint density at radius 3 is 2.37 bits per heavy atom. The van der Waals surface area contributed by atoms with Gasteiger partial charge in [-0.15, -0.1) is 10.2 Å². The fourth-order valence-corrected chi connectivity index (χ4v) is 4.25. The number of nitrogens with one attached hydrogen (secondary N) is 2. The molecule has 184 valence electrons. The maximum Gasteiger partial charge on any atom is 0.339 e. The van der Waals surface area contributed by atoms with Gasteiger partial charge in [0.25, 0.3) is 5.91 Å². The number of para-hydroxylation sites is 1. The minimum absolute atomic E-state index is 0.0142. The first-order valence-electron chi connectivity index (χ1n) is 10.8. The molecule has 0 saturated heterocycles. The Morgan fingerprint density at radius 2 is 1.71 bits per heavy atom. The van der Waals surface area contributed by atoms with Crippen LogP contribution in [0.3, 0.4) is 0 Å². The lowest BCUT2D eigenvalue weighted by molar-refractivity contribution is -0.113. The normalized spacial score (nSPS) is 11.7. The molecule has 2 aromatic carbocycles. The zero-order valence-corrected chi connectivity index (χ0v) is 21.3. The number of carbonyl (C=O) groups is 3. The smallest absolute Gasteiger partial charge is 0.339 e. The summed E-state index contributed by atoms with van der Waals surface area (Å²) in [6.45, 7) is 3.93. The van der Waals surface area contributed by atoms with Crippen LogP contribution in [0.1, 0.15) is 46.4 Å². The Balaban J connectivity index is 1.69. The molecule has 1 heterocycles. The SMILES string of the molecule is COC(=O)c1ccccc1NC(=O)CSc1nnc([C@@H](NC(=O)c2ccccc2Cl)C(C)C)n1C. The van der Waals surface area contributed by atoms with E-state index in [0.717, 1.165) is 0 Å². The van der Waals surface area contributed by atoms with Gasteiger partial charge in [-0.25, -0.2) is 4.79 Å². The van der Waals surface area contributed by atoms with Crippen molar-refractivity contribution in [2.75, 3.05) is 18.2 Å². The second-order valence-electron chi connectivity index (χ2n) is 7.95. The second-order valence-corrected chi connectivity index (χ2v) is 9.30. The van der Waals surface area contributed by atoms with Crippen molar-refractivity contribution >= 4 is 46.8 Å². The van der Waals surface area contributed by atoms with Crippen molar-refractivity contribution in [3.63, 3.8) is 0 Å². The lowest BCUT2D eigenvalue weighted by Gasteiger charge is -2.22. The highest BCUT2D eigenvalue weighted by molar-refractivity contribution is 7.99. The van der Waals surface area contributed by atoms with Gasteiger partial charge in [0.1, 0.15) is 0 Å². The number of methoxy groups -OCH3 is 1. The topological polar surface area (TPSA) is 115 Å². The van der Waals surface area contributed by atoms with Crippen LogP contribution in [-0.4, -0.2) is 45.4 Å². The van der Waals surface area contributed by atoms with Gasteiger partial charge in [-0.3, -0.25) is 9.59 Å². The van der Waals surface area contributed by atoms with Crippen LogP contribution in [-0.2, 0) is 16.6 Å². The number of rotatable bonds is 9. The summed E-state index contributed by atoms with van der Waals surface area (Å²) < 4.78 is 6.50. The van der Waals surface area contributed by atoms with E-state index in [2.05, 4.69) is 20.8 Å². The molecule has 1 atom stereocenters. The summed E-state index contributed by atoms with van der Waals surface area (Å²) in [5.74, 6) is -0.553. The van der Waals surface area contributed by atoms with E-state index in [-0.39, 0.29) is 29.0 Å². The van der Waals surface area contributed by atoms with E-state index in [1.165, 1.54) is 18.9 Å². The van der Waals surface area contributed by atoms with Gasteiger partial charge in [0.15, 0.2) is 11.0 Å². The highest BCUT2D eigenvalue weighted by Gasteiger charge is 2.26. The molecule has 0 aliphatic carbocycles. The average molecular weight is 516 g/mol. The Bertz CT molecular complexity index is 1230. The van der Waals surface area contributed by atoms with Gasteiger partial charge in [0.2, 0.25) is 5.91 Å². The fraction of sp³-hybridized carbons (Fsp3) is 0.292. The Morgan fingerprint density at radius 1 is 1.06 bits per heavy atom. The molecule has 35 heavy (non-hydrogen) atoms. The Hall–Kier alpha value is -3.37. The molecule has 3 aromatic rings. The third-order valence-corrected chi connectivity index (χ3v) is 6.51. The molecule has 0 bridgehead atoms. The first-order valence-corrected chi connectivity index (χ1v) is 12.1. The quantitative estimate of drug-likeness (QED) is 0.325. The number of halogens is 1. The zero-order chi connectivity index (χ0) is 25.5. The van der Waals surface area contributed by atoms with Crippen molar-refractivity contribution < 1.29 is 19.1 Å². The second kappa shape index (κ2) is 11.9. The number of amides is 2. The standard InChI is InChI=1S/C24H26ClN5O4S/c1-14(2)20(27-22(32)15-9-5-7-11-17(15)25)21-28-29-24(30(21)3)35-13-19(31)26-18-12-8-6-10-16(18)23(33)34-4/h5-12,14,20H,13H2,1-4H3,(H,26,31)(H,27,32)/t20-/m0/s1. The average Bonchev–Trinajstić information content (AvgIpc) is 3.20. The number of nitrogens with zero attached hydrogens (tertiary/aromatic N) is 3. The fourth-order valence-electron chi connectivity index (χ4n) is 3.31. The van der Waals surface area contributed by atoms with Crippen LogP contribution in [0.4, 0.5) is 5.69 Å². The van der Waals surface area contributed by atoms with Crippen molar-refractivity contribution in [1.29, 1.82) is 0 Å². The summed E-state index contributed by atoms with van der Waals surface area (Å²) in [4.78, 5) is 37.3. The summed E-state index contributed by atoms with van der Waals surface area (Å²) in [5, 5.41) is 15.0. The van der Waals surface area contributed by atoms with Gasteiger partial charge < -0.3 is 19.9 Å². The number of hydrogen-bond acceptors (Lipinski definition) is 7. The molecule has 1 aromatic heterocycles. The molecular formula is C24H26ClN5O4S. The summed E-state index contributed by atoms with van der Waals surface area (Å²) in [7, 11) is 3.06. The minimum atomic E-state index is -0.537. The maximum atomic E-state index is 12.8. The lowest BCUT2D eigenvalue weighted by Crippen LogP contribution is -2.33. The molecule has 0 unspecified atom stereocenters. The van der Waals surface area contributed by atoms with Crippen LogP contribution in [0.15, 0.2) is 53.7 Å². The van der Waals surface area contributed by atoms with Crippen molar-refractivity contribution in [2.24, 2.45) is 13.0 Å². The third kappa shape index (κ3) is 6.40. The zero-order valence-electron chi connectivity index (χ0n) is 19.7. The predicted molar refractivity (Wildman–Crippen MR) is 135 cm³/mol. The summed E-state index contributed by atoms with van der Waals surface area (Å²) in [6, 6.07) is 13.0. The molecule has 0 aliphatic rings. The van der Waals surface area contributed by atoms with Crippen molar-refractivity contribution in [1.82, 2.24) is 20.1 Å². The molecule has 0 fully saturated rings. The number of aromatic nitrogens is 3. The van der Waals surface area contributed by atoms with Crippen molar-refractivity contribution in [2.45, 2.75) is 25.0 Å². The first kappa shape index (κ1) is 26.2. The first-order chi connectivity index (χ1) is 16.7. The van der Waals surface area contributed by atoms with E-state index in [1.54, 1.807) is 60.1 Å². The number of thioether (sulfide) groups is 1. The number of ether oxygens (including phenoxy) is 1. The molecule has 3 rings (SSSR count). The third-order valence-electron chi connectivity index (χ3n) is 5.16. The van der Waals surface area contributed by atoms with Crippen molar-refractivity contribution in [3.8, 4) is 0 Å². The van der Waals surface area contributed by atoms with Crippen LogP contribution in [0.5, 0.6) is 0 Å². The van der Waals surface area contributed by atoms with E-state index >= 15 is 0 Å². The summed E-state index contributed by atoms with van der Waals surface area (Å²) >= 11 is 7.36. The molecular weight excluding hydrogens is 490 g/mol. The van der Waals surface area contributed by atoms with Crippen LogP contribution in [0, 0.1) is 5.92 Å². The van der Waals surface area contributed by atoms with E-state index in [1.807, 2.05) is 13.8 Å². The molecule has 2 amide bonds. The summed E-state index contributed by atoms with van der Waals surface area (Å²) in [5.41, 5.74) is 1.01. The number of anilines is 1. The minimum Gasteiger partial charge on any atom is -0.465 e. The van der Waals surface area contributed by atoms with E-state index in [4.69, 9.17) is 16.3 Å².